The predicted octanol–water partition coefficient (Wildman–Crippen LogP) is 18.0. The van der Waals surface area contributed by atoms with Crippen LogP contribution in [0.1, 0.15) is 234 Å². The van der Waals surface area contributed by atoms with Crippen molar-refractivity contribution in [3.05, 3.63) is 325 Å². The Bertz CT molecular complexity index is 6500. The number of β-amino-alcohol motifs (C(OH)–C–C–N with tert-alkyl or cyclic N) is 3. The van der Waals surface area contributed by atoms with Gasteiger partial charge >= 0.3 is 0 Å². The van der Waals surface area contributed by atoms with Crippen molar-refractivity contribution in [1.82, 2.24) is 44.7 Å². The molecule has 9 aromatic carbocycles. The molecule has 24 nitrogen and oxygen atoms in total. The number of rotatable bonds is 31. The number of ketones is 3. The van der Waals surface area contributed by atoms with Crippen LogP contribution in [0.2, 0.25) is 0 Å². The standard InChI is InChI=1S/C31H38N2O5.C30H36N2O4.C30H30N2O2S.C29H32N4O3S2/c1-20(2)29(33-18-24-5-3-4-6-26(24)30(33)36)31(37)32-19-25(34)17-27(32)28(35)12-9-21-7-10-22(11-8-21)23-13-15-38-16-14-23;1-19(2)28(32-17-23-6-3-4-9-25(23)29(32)35)30(36)31-18-24(33)16-26(31)27(34)15-12-20-10-13-22(14-11-20)21-7-5-8-21;1-21-30(35-20-31-21)25-13-10-22(11-14-25)12-15-29(34)28-18-27(33)19-32(28)26-9-5-8-24(17-26)16-23-6-3-2-4-7-23;1-17(2)25(33-14-21-6-4-5-7-23(21)28(33)35)29(36)32-15-22(37)12-24(32)27(34)30-13-19-8-10-20(11-9-19)26-18(3)31-16-38-26/h3-8,10-11,20,23,25,27,29,34H,9,12-19H2,1-2H3;3-4,6,9-11,13-14,19,21,24,26,28,33H,5,7-8,12,15-18H2,1-2H3;2-11,13-14,17,20,27-28,33H,12,15-16,18-19H2,1H3;4-11,16-17,22,24-25,37H,12-15H2,1-3H3,(H,30,34)/t25-,27+,29+;24-,26+,28+;27-,28+;22-,24+,25+/m1111/s1. The molecule has 0 unspecified atom stereocenters. The van der Waals surface area contributed by atoms with Gasteiger partial charge in [0, 0.05) is 132 Å². The molecule has 27 heteroatoms. The van der Waals surface area contributed by atoms with E-state index in [2.05, 4.69) is 142 Å². The summed E-state index contributed by atoms with van der Waals surface area (Å²) in [5, 5.41) is 34.2. The number of carbonyl (C=O) groups is 10. The Morgan fingerprint density at radius 3 is 1.20 bits per heavy atom. The van der Waals surface area contributed by atoms with Crippen LogP contribution in [-0.4, -0.2) is 219 Å². The Balaban J connectivity index is 0.000000134. The predicted molar refractivity (Wildman–Crippen MR) is 576 cm³/mol. The molecule has 768 valence electrons. The van der Waals surface area contributed by atoms with Gasteiger partial charge in [0.15, 0.2) is 17.3 Å². The summed E-state index contributed by atoms with van der Waals surface area (Å²) in [6, 6.07) is 70.5. The zero-order chi connectivity index (χ0) is 103. The number of Topliss-reactive ketones (excluding diaryl/α,β-unsaturated/α-hetero) is 3. The number of aliphatic hydroxyl groups is 3. The molecule has 1 aliphatic carbocycles. The molecule has 0 bridgehead atoms. The van der Waals surface area contributed by atoms with Crippen LogP contribution in [0.5, 0.6) is 0 Å². The highest BCUT2D eigenvalue weighted by Crippen LogP contribution is 2.41. The number of amides is 7. The highest BCUT2D eigenvalue weighted by atomic mass is 32.1. The lowest BCUT2D eigenvalue weighted by Gasteiger charge is -2.35. The molecule has 11 atom stereocenters. The van der Waals surface area contributed by atoms with Crippen LogP contribution >= 0.6 is 35.3 Å². The van der Waals surface area contributed by atoms with E-state index < -0.39 is 54.6 Å². The number of hydrogen-bond acceptors (Lipinski definition) is 20. The third-order valence-electron chi connectivity index (χ3n) is 30.7. The molecule has 2 aromatic heterocycles. The van der Waals surface area contributed by atoms with Crippen LogP contribution in [0.4, 0.5) is 5.69 Å². The number of nitrogens with zero attached hydrogens (tertiary/aromatic N) is 9. The monoisotopic (exact) mass is 2040 g/mol. The first-order chi connectivity index (χ1) is 71.0. The summed E-state index contributed by atoms with van der Waals surface area (Å²) in [7, 11) is 0. The van der Waals surface area contributed by atoms with E-state index in [9.17, 15) is 63.3 Å². The van der Waals surface area contributed by atoms with Gasteiger partial charge in [0.1, 0.15) is 24.2 Å². The van der Waals surface area contributed by atoms with E-state index in [1.54, 1.807) is 60.5 Å². The van der Waals surface area contributed by atoms with E-state index >= 15 is 0 Å². The van der Waals surface area contributed by atoms with Crippen molar-refractivity contribution >= 4 is 99.7 Å². The number of thiazole rings is 2. The number of hydrogen-bond donors (Lipinski definition) is 5. The molecule has 4 N–H and O–H groups in total. The van der Waals surface area contributed by atoms with Crippen LogP contribution in [0, 0.1) is 31.6 Å². The summed E-state index contributed by atoms with van der Waals surface area (Å²) in [6.45, 7) is 19.9. The van der Waals surface area contributed by atoms with E-state index in [1.165, 1.54) is 61.8 Å². The van der Waals surface area contributed by atoms with Crippen molar-refractivity contribution in [2.75, 3.05) is 44.3 Å². The van der Waals surface area contributed by atoms with Gasteiger partial charge in [-0.3, -0.25) is 47.9 Å². The summed E-state index contributed by atoms with van der Waals surface area (Å²) in [6.07, 6.45) is 9.27. The SMILES string of the molecule is CC(C)[C@@H](C(=O)N1C[C@H](O)C[C@H]1C(=O)CCc1ccc(C2CCC2)cc1)N1Cc2ccccc2C1=O.CC(C)[C@@H](C(=O)N1C[C@H](O)C[C@H]1C(=O)CCc1ccc(C2CCOCC2)cc1)N1Cc2ccccc2C1=O.Cc1ncsc1-c1ccc(CCC(=O)[C@@H]2C[C@@H](O)CN2c2cccc(Cc3ccccc3)c2)cc1.Cc1ncsc1-c1ccc(CNC(=O)[C@@H]2C[C@@H](S)CN2C(=O)[C@H](C(C)C)N2Cc3ccccc3C2=O)cc1. The maximum absolute atomic E-state index is 13.9. The number of benzene rings is 9. The number of aromatic nitrogens is 2. The molecule has 6 fully saturated rings. The van der Waals surface area contributed by atoms with Crippen molar-refractivity contribution in [2.24, 2.45) is 17.8 Å². The van der Waals surface area contributed by atoms with Gasteiger partial charge < -0.3 is 59.7 Å². The zero-order valence-electron chi connectivity index (χ0n) is 85.3. The molecule has 147 heavy (non-hydrogen) atoms. The Morgan fingerprint density at radius 1 is 0.415 bits per heavy atom. The average Bonchev–Trinajstić information content (AvgIpc) is 1.63. The van der Waals surface area contributed by atoms with Crippen LogP contribution in [-0.2, 0) is 90.2 Å². The molecule has 0 spiro atoms. The summed E-state index contributed by atoms with van der Waals surface area (Å²) >= 11 is 7.87. The molecule has 20 rings (SSSR count). The van der Waals surface area contributed by atoms with E-state index in [1.807, 2.05) is 163 Å². The first-order valence-corrected chi connectivity index (χ1v) is 54.5. The van der Waals surface area contributed by atoms with Crippen molar-refractivity contribution in [1.29, 1.82) is 0 Å². The quantitative estimate of drug-likeness (QED) is 0.0252. The number of ether oxygens (including phenoxy) is 1. The molecule has 5 saturated heterocycles. The first-order valence-electron chi connectivity index (χ1n) is 52.3. The van der Waals surface area contributed by atoms with Crippen molar-refractivity contribution in [3.8, 4) is 20.9 Å². The molecule has 9 aliphatic rings. The third kappa shape index (κ3) is 24.9. The van der Waals surface area contributed by atoms with Gasteiger partial charge in [-0.15, -0.1) is 22.7 Å². The second-order valence-corrected chi connectivity index (χ2v) is 44.4. The van der Waals surface area contributed by atoms with Crippen molar-refractivity contribution in [3.63, 3.8) is 0 Å². The highest BCUT2D eigenvalue weighted by Gasteiger charge is 2.50. The molecule has 0 radical (unpaired) electrons. The smallest absolute Gasteiger partial charge is 0.255 e. The fourth-order valence-electron chi connectivity index (χ4n) is 22.5. The van der Waals surface area contributed by atoms with Crippen molar-refractivity contribution < 1.29 is 68.0 Å². The molecule has 1 saturated carbocycles. The lowest BCUT2D eigenvalue weighted by atomic mass is 9.80. The van der Waals surface area contributed by atoms with Gasteiger partial charge in [0.05, 0.1) is 68.6 Å². The first kappa shape index (κ1) is 106. The summed E-state index contributed by atoms with van der Waals surface area (Å²) in [5.41, 5.74) is 23.2. The Kier molecular flexibility index (Phi) is 34.7. The molecule has 10 heterocycles. The van der Waals surface area contributed by atoms with Crippen molar-refractivity contribution in [2.45, 2.75) is 262 Å². The fraction of sp³-hybridized carbons (Fsp3) is 0.417. The minimum atomic E-state index is -0.744. The van der Waals surface area contributed by atoms with Crippen LogP contribution in [0.15, 0.2) is 235 Å². The average molecular weight is 2040 g/mol. The molecular weight excluding hydrogens is 1900 g/mol. The highest BCUT2D eigenvalue weighted by molar-refractivity contribution is 7.81. The number of aliphatic hydroxyl groups excluding tert-OH is 3. The Labute approximate surface area is 876 Å². The van der Waals surface area contributed by atoms with E-state index in [0.717, 1.165) is 98.9 Å². The van der Waals surface area contributed by atoms with Gasteiger partial charge in [-0.05, 0) is 204 Å². The van der Waals surface area contributed by atoms with E-state index in [4.69, 9.17) is 4.74 Å². The molecule has 11 aromatic rings. The lowest BCUT2D eigenvalue weighted by Crippen LogP contribution is -2.55. The van der Waals surface area contributed by atoms with Crippen LogP contribution < -0.4 is 10.2 Å². The molecule has 8 aliphatic heterocycles. The largest absolute Gasteiger partial charge is 0.391 e. The van der Waals surface area contributed by atoms with Crippen LogP contribution in [0.3, 0.4) is 0 Å². The number of likely N-dealkylation sites (tertiary alicyclic amines) is 3. The number of nitrogens with one attached hydrogen (secondary N) is 1. The van der Waals surface area contributed by atoms with Gasteiger partial charge in [-0.1, -0.05) is 242 Å². The van der Waals surface area contributed by atoms with E-state index in [0.29, 0.717) is 119 Å². The second kappa shape index (κ2) is 48.2. The maximum atomic E-state index is 13.9. The Hall–Kier alpha value is -12.5. The van der Waals surface area contributed by atoms with Gasteiger partial charge in [-0.2, -0.15) is 12.6 Å². The summed E-state index contributed by atoms with van der Waals surface area (Å²) in [5.74, 6) is -0.349. The number of thiol groups is 1. The minimum Gasteiger partial charge on any atom is -0.391 e. The summed E-state index contributed by atoms with van der Waals surface area (Å²) < 4.78 is 5.47. The molecular formula is C120H136N10O14S3. The fourth-order valence-corrected chi connectivity index (χ4v) is 24.5. The van der Waals surface area contributed by atoms with E-state index in [-0.39, 0.29) is 114 Å². The summed E-state index contributed by atoms with van der Waals surface area (Å²) in [4.78, 5) is 157. The third-order valence-corrected chi connectivity index (χ3v) is 33.0. The van der Waals surface area contributed by atoms with Gasteiger partial charge in [0.2, 0.25) is 23.6 Å². The minimum absolute atomic E-state index is 0.0264. The van der Waals surface area contributed by atoms with Gasteiger partial charge in [-0.25, -0.2) is 9.97 Å². The lowest BCUT2D eigenvalue weighted by molar-refractivity contribution is -0.143. The second-order valence-electron chi connectivity index (χ2n) is 42.0. The number of carbonyl (C=O) groups excluding carboxylic acids is 10. The molecule has 7 amide bonds. The number of anilines is 1. The number of fused-ring (bicyclic) bond motifs is 3. The Morgan fingerprint density at radius 2 is 0.796 bits per heavy atom. The normalized spacial score (nSPS) is 20.7. The number of aryl methyl sites for hydroxylation is 5. The topological polar surface area (TPSA) is 301 Å². The van der Waals surface area contributed by atoms with Gasteiger partial charge in [0.25, 0.3) is 17.7 Å². The van der Waals surface area contributed by atoms with Crippen LogP contribution in [0.25, 0.3) is 20.9 Å². The zero-order valence-corrected chi connectivity index (χ0v) is 87.8. The maximum Gasteiger partial charge on any atom is 0.255 e.